The SMILES string of the molecule is CCN(Cc1ccc(C(=O)N(C)C)cc1)C(=O)C1CC2CCCC(C1)C2N. The lowest BCUT2D eigenvalue weighted by Crippen LogP contribution is -2.49. The third-order valence-electron chi connectivity index (χ3n) is 6.44. The van der Waals surface area contributed by atoms with Gasteiger partial charge < -0.3 is 15.5 Å². The Morgan fingerprint density at radius 3 is 2.19 bits per heavy atom. The topological polar surface area (TPSA) is 66.6 Å². The van der Waals surface area contributed by atoms with E-state index in [4.69, 9.17) is 5.73 Å². The number of nitrogens with zero attached hydrogens (tertiary/aromatic N) is 2. The number of fused-ring (bicyclic) bond motifs is 2. The van der Waals surface area contributed by atoms with Crippen molar-refractivity contribution in [3.8, 4) is 0 Å². The summed E-state index contributed by atoms with van der Waals surface area (Å²) in [4.78, 5) is 28.7. The molecule has 0 heterocycles. The molecule has 2 fully saturated rings. The van der Waals surface area contributed by atoms with E-state index < -0.39 is 0 Å². The van der Waals surface area contributed by atoms with Gasteiger partial charge in [0.25, 0.3) is 5.91 Å². The average molecular weight is 372 g/mol. The van der Waals surface area contributed by atoms with Crippen LogP contribution in [0.1, 0.15) is 54.9 Å². The van der Waals surface area contributed by atoms with Crippen LogP contribution in [0.5, 0.6) is 0 Å². The van der Waals surface area contributed by atoms with E-state index in [-0.39, 0.29) is 17.7 Å². The molecule has 2 aliphatic rings. The largest absolute Gasteiger partial charge is 0.345 e. The summed E-state index contributed by atoms with van der Waals surface area (Å²) in [6, 6.07) is 7.90. The van der Waals surface area contributed by atoms with Gasteiger partial charge in [-0.25, -0.2) is 0 Å². The predicted molar refractivity (Wildman–Crippen MR) is 107 cm³/mol. The maximum absolute atomic E-state index is 13.2. The van der Waals surface area contributed by atoms with Crippen LogP contribution in [0, 0.1) is 17.8 Å². The van der Waals surface area contributed by atoms with E-state index in [1.165, 1.54) is 19.3 Å². The molecule has 2 unspecified atom stereocenters. The number of hydrogen-bond acceptors (Lipinski definition) is 3. The first kappa shape index (κ1) is 19.9. The molecule has 5 heteroatoms. The summed E-state index contributed by atoms with van der Waals surface area (Å²) >= 11 is 0. The molecule has 5 nitrogen and oxygen atoms in total. The predicted octanol–water partition coefficient (Wildman–Crippen LogP) is 2.89. The lowest BCUT2D eigenvalue weighted by Gasteiger charge is -2.44. The molecule has 27 heavy (non-hydrogen) atoms. The van der Waals surface area contributed by atoms with Crippen LogP contribution in [0.25, 0.3) is 0 Å². The molecule has 0 radical (unpaired) electrons. The molecular weight excluding hydrogens is 338 g/mol. The van der Waals surface area contributed by atoms with E-state index >= 15 is 0 Å². The molecule has 2 amide bonds. The third kappa shape index (κ3) is 4.34. The van der Waals surface area contributed by atoms with Crippen molar-refractivity contribution < 1.29 is 9.59 Å². The second kappa shape index (κ2) is 8.42. The van der Waals surface area contributed by atoms with Gasteiger partial charge in [-0.05, 0) is 62.1 Å². The molecule has 1 aromatic carbocycles. The Bertz CT molecular complexity index is 657. The summed E-state index contributed by atoms with van der Waals surface area (Å²) in [6.45, 7) is 3.34. The molecule has 2 saturated carbocycles. The van der Waals surface area contributed by atoms with Gasteiger partial charge in [0.05, 0.1) is 0 Å². The highest BCUT2D eigenvalue weighted by Gasteiger charge is 2.41. The van der Waals surface area contributed by atoms with Gasteiger partial charge in [-0.3, -0.25) is 9.59 Å². The number of amides is 2. The standard InChI is InChI=1S/C22H33N3O2/c1-4-25(14-15-8-10-16(11-9-15)21(26)24(2)3)22(27)19-12-17-6-5-7-18(13-19)20(17)23/h8-11,17-20H,4-7,12-14,23H2,1-3H3. The van der Waals surface area contributed by atoms with Crippen molar-refractivity contribution in [2.75, 3.05) is 20.6 Å². The molecule has 1 aromatic rings. The first-order valence-corrected chi connectivity index (χ1v) is 10.3. The maximum Gasteiger partial charge on any atom is 0.253 e. The van der Waals surface area contributed by atoms with E-state index in [0.29, 0.717) is 36.5 Å². The fourth-order valence-electron chi connectivity index (χ4n) is 4.83. The fraction of sp³-hybridized carbons (Fsp3) is 0.636. The van der Waals surface area contributed by atoms with Crippen molar-refractivity contribution in [2.45, 2.75) is 51.6 Å². The third-order valence-corrected chi connectivity index (χ3v) is 6.44. The van der Waals surface area contributed by atoms with Gasteiger partial charge in [0, 0.05) is 44.7 Å². The first-order valence-electron chi connectivity index (χ1n) is 10.3. The Hall–Kier alpha value is -1.88. The summed E-state index contributed by atoms with van der Waals surface area (Å²) in [7, 11) is 3.50. The number of rotatable bonds is 5. The van der Waals surface area contributed by atoms with Crippen molar-refractivity contribution in [1.29, 1.82) is 0 Å². The van der Waals surface area contributed by atoms with Crippen LogP contribution in [0.2, 0.25) is 0 Å². The summed E-state index contributed by atoms with van der Waals surface area (Å²) in [6.07, 6.45) is 5.51. The molecule has 148 valence electrons. The smallest absolute Gasteiger partial charge is 0.253 e. The molecule has 2 N–H and O–H groups in total. The van der Waals surface area contributed by atoms with Crippen LogP contribution in [-0.2, 0) is 11.3 Å². The highest BCUT2D eigenvalue weighted by atomic mass is 16.2. The van der Waals surface area contributed by atoms with Crippen LogP contribution < -0.4 is 5.73 Å². The van der Waals surface area contributed by atoms with Gasteiger partial charge in [-0.2, -0.15) is 0 Å². The van der Waals surface area contributed by atoms with Crippen LogP contribution in [0.3, 0.4) is 0 Å². The quantitative estimate of drug-likeness (QED) is 0.865. The lowest BCUT2D eigenvalue weighted by atomic mass is 9.65. The highest BCUT2D eigenvalue weighted by Crippen LogP contribution is 2.42. The van der Waals surface area contributed by atoms with E-state index in [9.17, 15) is 9.59 Å². The molecule has 0 aliphatic heterocycles. The second-order valence-corrected chi connectivity index (χ2v) is 8.45. The van der Waals surface area contributed by atoms with Crippen LogP contribution in [0.4, 0.5) is 0 Å². The Kier molecular flexibility index (Phi) is 6.20. The minimum Gasteiger partial charge on any atom is -0.345 e. The average Bonchev–Trinajstić information content (AvgIpc) is 2.65. The molecule has 0 spiro atoms. The van der Waals surface area contributed by atoms with Crippen LogP contribution in [-0.4, -0.2) is 48.3 Å². The molecule has 0 aromatic heterocycles. The van der Waals surface area contributed by atoms with Gasteiger partial charge >= 0.3 is 0 Å². The Balaban J connectivity index is 1.65. The molecule has 2 aliphatic carbocycles. The van der Waals surface area contributed by atoms with E-state index in [1.807, 2.05) is 36.1 Å². The molecule has 0 saturated heterocycles. The number of carbonyl (C=O) groups excluding carboxylic acids is 2. The number of nitrogens with two attached hydrogens (primary N) is 1. The van der Waals surface area contributed by atoms with Gasteiger partial charge in [0.2, 0.25) is 5.91 Å². The van der Waals surface area contributed by atoms with Crippen molar-refractivity contribution in [3.05, 3.63) is 35.4 Å². The second-order valence-electron chi connectivity index (χ2n) is 8.45. The fourth-order valence-corrected chi connectivity index (χ4v) is 4.83. The summed E-state index contributed by atoms with van der Waals surface area (Å²) in [5.41, 5.74) is 8.12. The Labute approximate surface area is 162 Å². The number of hydrogen-bond donors (Lipinski definition) is 1. The molecular formula is C22H33N3O2. The van der Waals surface area contributed by atoms with Crippen molar-refractivity contribution in [1.82, 2.24) is 9.80 Å². The summed E-state index contributed by atoms with van der Waals surface area (Å²) < 4.78 is 0. The lowest BCUT2D eigenvalue weighted by molar-refractivity contribution is -0.139. The zero-order valence-corrected chi connectivity index (χ0v) is 16.9. The molecule has 2 bridgehead atoms. The zero-order valence-electron chi connectivity index (χ0n) is 16.9. The highest BCUT2D eigenvalue weighted by molar-refractivity contribution is 5.93. The van der Waals surface area contributed by atoms with Gasteiger partial charge in [0.1, 0.15) is 0 Å². The van der Waals surface area contributed by atoms with Gasteiger partial charge in [-0.1, -0.05) is 18.6 Å². The molecule has 2 atom stereocenters. The molecule has 3 rings (SSSR count). The number of benzene rings is 1. The van der Waals surface area contributed by atoms with Crippen molar-refractivity contribution in [3.63, 3.8) is 0 Å². The maximum atomic E-state index is 13.2. The Morgan fingerprint density at radius 1 is 1.07 bits per heavy atom. The first-order chi connectivity index (χ1) is 12.9. The van der Waals surface area contributed by atoms with Gasteiger partial charge in [-0.15, -0.1) is 0 Å². The minimum atomic E-state index is -0.00458. The number of carbonyl (C=O) groups is 2. The normalized spacial score (nSPS) is 27.1. The van der Waals surface area contributed by atoms with Crippen LogP contribution >= 0.6 is 0 Å². The Morgan fingerprint density at radius 2 is 1.67 bits per heavy atom. The monoisotopic (exact) mass is 371 g/mol. The zero-order chi connectivity index (χ0) is 19.6. The summed E-state index contributed by atoms with van der Waals surface area (Å²) in [5.74, 6) is 1.42. The van der Waals surface area contributed by atoms with E-state index in [2.05, 4.69) is 0 Å². The summed E-state index contributed by atoms with van der Waals surface area (Å²) in [5, 5.41) is 0. The van der Waals surface area contributed by atoms with E-state index in [1.54, 1.807) is 19.0 Å². The van der Waals surface area contributed by atoms with Crippen LogP contribution in [0.15, 0.2) is 24.3 Å². The van der Waals surface area contributed by atoms with Crippen molar-refractivity contribution >= 4 is 11.8 Å². The van der Waals surface area contributed by atoms with Gasteiger partial charge in [0.15, 0.2) is 0 Å². The van der Waals surface area contributed by atoms with Crippen molar-refractivity contribution in [2.24, 2.45) is 23.5 Å². The minimum absolute atomic E-state index is 0.00458. The van der Waals surface area contributed by atoms with E-state index in [0.717, 1.165) is 18.4 Å².